The van der Waals surface area contributed by atoms with E-state index in [1.165, 1.54) is 33.8 Å². The van der Waals surface area contributed by atoms with Crippen molar-refractivity contribution in [2.24, 2.45) is 5.92 Å². The number of hydrogen-bond acceptors (Lipinski definition) is 7. The molecule has 1 aromatic heterocycles. The molecule has 3 aromatic rings. The number of amides is 1. The summed E-state index contributed by atoms with van der Waals surface area (Å²) in [4.78, 5) is 12.6. The van der Waals surface area contributed by atoms with Gasteiger partial charge in [-0.25, -0.2) is 8.42 Å². The van der Waals surface area contributed by atoms with Crippen LogP contribution in [0.1, 0.15) is 29.8 Å². The number of carbonyl (C=O) groups is 1. The second-order valence-electron chi connectivity index (χ2n) is 7.63. The van der Waals surface area contributed by atoms with Crippen LogP contribution in [0.25, 0.3) is 0 Å². The minimum Gasteiger partial charge on any atom is -0.296 e. The molecule has 0 radical (unpaired) electrons. The predicted molar refractivity (Wildman–Crippen MR) is 137 cm³/mol. The first-order valence-electron chi connectivity index (χ1n) is 9.81. The van der Waals surface area contributed by atoms with Gasteiger partial charge in [0.25, 0.3) is 5.91 Å². The molecule has 0 atom stereocenters. The Balaban J connectivity index is 1.70. The number of rotatable bonds is 9. The van der Waals surface area contributed by atoms with Crippen molar-refractivity contribution in [2.45, 2.75) is 24.7 Å². The van der Waals surface area contributed by atoms with Gasteiger partial charge in [0.15, 0.2) is 4.34 Å². The lowest BCUT2D eigenvalue weighted by molar-refractivity contribution is 0.102. The van der Waals surface area contributed by atoms with Crippen LogP contribution in [0.5, 0.6) is 0 Å². The molecule has 33 heavy (non-hydrogen) atoms. The zero-order chi connectivity index (χ0) is 24.2. The first kappa shape index (κ1) is 25.8. The van der Waals surface area contributed by atoms with Crippen molar-refractivity contribution < 1.29 is 13.2 Å². The normalized spacial score (nSPS) is 11.6. The summed E-state index contributed by atoms with van der Waals surface area (Å²) in [7, 11) is -3.60. The number of anilines is 2. The van der Waals surface area contributed by atoms with E-state index in [9.17, 15) is 13.2 Å². The maximum Gasteiger partial charge on any atom is 0.257 e. The molecule has 0 saturated carbocycles. The van der Waals surface area contributed by atoms with Crippen LogP contribution in [0, 0.1) is 5.92 Å². The molecule has 0 aliphatic carbocycles. The molecule has 0 saturated heterocycles. The molecule has 7 nitrogen and oxygen atoms in total. The quantitative estimate of drug-likeness (QED) is 0.270. The molecule has 0 aliphatic heterocycles. The fraction of sp³-hybridized carbons (Fsp3) is 0.286. The third-order valence-corrected chi connectivity index (χ3v) is 8.22. The second kappa shape index (κ2) is 11.1. The van der Waals surface area contributed by atoms with E-state index < -0.39 is 10.0 Å². The largest absolute Gasteiger partial charge is 0.296 e. The van der Waals surface area contributed by atoms with Crippen LogP contribution < -0.4 is 9.62 Å². The highest BCUT2D eigenvalue weighted by Gasteiger charge is 2.19. The number of nitrogens with zero attached hydrogens (tertiary/aromatic N) is 3. The number of benzene rings is 2. The first-order chi connectivity index (χ1) is 15.5. The summed E-state index contributed by atoms with van der Waals surface area (Å²) in [6.07, 6.45) is 1.11. The lowest BCUT2D eigenvalue weighted by atomic mass is 10.1. The highest BCUT2D eigenvalue weighted by atomic mass is 35.5. The van der Waals surface area contributed by atoms with Gasteiger partial charge in [-0.1, -0.05) is 72.3 Å². The molecule has 0 bridgehead atoms. The fourth-order valence-electron chi connectivity index (χ4n) is 2.74. The Morgan fingerprint density at radius 3 is 2.33 bits per heavy atom. The molecule has 0 spiro atoms. The van der Waals surface area contributed by atoms with Gasteiger partial charge >= 0.3 is 0 Å². The van der Waals surface area contributed by atoms with Crippen LogP contribution in [-0.2, 0) is 16.6 Å². The van der Waals surface area contributed by atoms with E-state index >= 15 is 0 Å². The summed E-state index contributed by atoms with van der Waals surface area (Å²) in [6.45, 7) is 4.31. The molecule has 0 unspecified atom stereocenters. The summed E-state index contributed by atoms with van der Waals surface area (Å²) in [5, 5.41) is 11.9. The van der Waals surface area contributed by atoms with Gasteiger partial charge in [-0.15, -0.1) is 10.2 Å². The van der Waals surface area contributed by atoms with Crippen molar-refractivity contribution in [2.75, 3.05) is 21.6 Å². The predicted octanol–water partition coefficient (Wildman–Crippen LogP) is 5.81. The van der Waals surface area contributed by atoms with E-state index in [4.69, 9.17) is 23.2 Å². The number of sulfonamides is 1. The third kappa shape index (κ3) is 7.58. The van der Waals surface area contributed by atoms with Gasteiger partial charge in [0.2, 0.25) is 15.2 Å². The van der Waals surface area contributed by atoms with Gasteiger partial charge in [-0.2, -0.15) is 0 Å². The topological polar surface area (TPSA) is 92.3 Å². The molecule has 1 N–H and O–H groups in total. The Bertz CT molecular complexity index is 1210. The summed E-state index contributed by atoms with van der Waals surface area (Å²) >= 11 is 15.0. The van der Waals surface area contributed by atoms with Gasteiger partial charge < -0.3 is 0 Å². The number of nitrogens with one attached hydrogen (secondary N) is 1. The lowest BCUT2D eigenvalue weighted by Gasteiger charge is -2.23. The summed E-state index contributed by atoms with van der Waals surface area (Å²) in [5.41, 5.74) is 1.47. The van der Waals surface area contributed by atoms with Crippen LogP contribution in [0.2, 0.25) is 10.0 Å². The van der Waals surface area contributed by atoms with Crippen LogP contribution in [0.4, 0.5) is 10.8 Å². The Morgan fingerprint density at radius 1 is 1.12 bits per heavy atom. The Labute approximate surface area is 211 Å². The van der Waals surface area contributed by atoms with E-state index in [2.05, 4.69) is 29.4 Å². The molecule has 176 valence electrons. The molecule has 0 fully saturated rings. The van der Waals surface area contributed by atoms with Crippen LogP contribution >= 0.6 is 46.3 Å². The van der Waals surface area contributed by atoms with Gasteiger partial charge in [-0.3, -0.25) is 14.4 Å². The molecule has 2 aromatic carbocycles. The average Bonchev–Trinajstić information content (AvgIpc) is 3.16. The Kier molecular flexibility index (Phi) is 8.63. The maximum absolute atomic E-state index is 12.6. The van der Waals surface area contributed by atoms with Crippen molar-refractivity contribution in [3.63, 3.8) is 0 Å². The molecule has 0 aliphatic rings. The number of hydrogen-bond donors (Lipinski definition) is 1. The fourth-order valence-corrected chi connectivity index (χ4v) is 5.85. The summed E-state index contributed by atoms with van der Waals surface area (Å²) in [6, 6.07) is 11.3. The SMILES string of the molecule is CC(C)CSc1nnc(NC(=O)c2ccc(CN(c3cc(Cl)cc(Cl)c3)S(C)(=O)=O)cc2)s1. The van der Waals surface area contributed by atoms with Crippen LogP contribution in [0.3, 0.4) is 0 Å². The third-order valence-electron chi connectivity index (χ3n) is 4.25. The van der Waals surface area contributed by atoms with Crippen LogP contribution in [0.15, 0.2) is 46.8 Å². The van der Waals surface area contributed by atoms with E-state index in [1.807, 2.05) is 0 Å². The highest BCUT2D eigenvalue weighted by molar-refractivity contribution is 8.01. The van der Waals surface area contributed by atoms with Crippen molar-refractivity contribution >= 4 is 73.0 Å². The van der Waals surface area contributed by atoms with Gasteiger partial charge in [-0.05, 0) is 41.8 Å². The Hall–Kier alpha value is -1.85. The van der Waals surface area contributed by atoms with Crippen molar-refractivity contribution in [1.82, 2.24) is 10.2 Å². The van der Waals surface area contributed by atoms with Crippen molar-refractivity contribution in [1.29, 1.82) is 0 Å². The molecule has 1 heterocycles. The minimum absolute atomic E-state index is 0.0598. The zero-order valence-corrected chi connectivity index (χ0v) is 22.0. The smallest absolute Gasteiger partial charge is 0.257 e. The van der Waals surface area contributed by atoms with Crippen LogP contribution in [-0.4, -0.2) is 36.5 Å². The molecule has 1 amide bonds. The number of carbonyl (C=O) groups excluding carboxylic acids is 1. The van der Waals surface area contributed by atoms with E-state index in [-0.39, 0.29) is 12.5 Å². The zero-order valence-electron chi connectivity index (χ0n) is 18.1. The number of thioether (sulfide) groups is 1. The molecule has 12 heteroatoms. The monoisotopic (exact) mass is 544 g/mol. The van der Waals surface area contributed by atoms with Crippen molar-refractivity contribution in [3.8, 4) is 0 Å². The van der Waals surface area contributed by atoms with E-state index in [0.29, 0.717) is 37.9 Å². The maximum atomic E-state index is 12.6. The second-order valence-corrected chi connectivity index (χ2v) is 12.7. The van der Waals surface area contributed by atoms with Crippen molar-refractivity contribution in [3.05, 3.63) is 63.6 Å². The summed E-state index contributed by atoms with van der Waals surface area (Å²) < 4.78 is 26.8. The lowest BCUT2D eigenvalue weighted by Crippen LogP contribution is -2.29. The van der Waals surface area contributed by atoms with Gasteiger partial charge in [0, 0.05) is 21.4 Å². The first-order valence-corrected chi connectivity index (χ1v) is 14.2. The van der Waals surface area contributed by atoms with Gasteiger partial charge in [0.05, 0.1) is 18.5 Å². The number of halogens is 2. The minimum atomic E-state index is -3.60. The summed E-state index contributed by atoms with van der Waals surface area (Å²) in [5.74, 6) is 1.14. The van der Waals surface area contributed by atoms with E-state index in [0.717, 1.165) is 16.3 Å². The molecular formula is C21H22Cl2N4O3S3. The number of aromatic nitrogens is 2. The highest BCUT2D eigenvalue weighted by Crippen LogP contribution is 2.29. The van der Waals surface area contributed by atoms with Gasteiger partial charge in [0.1, 0.15) is 0 Å². The molecular weight excluding hydrogens is 523 g/mol. The molecule has 3 rings (SSSR count). The Morgan fingerprint density at radius 2 is 1.76 bits per heavy atom. The standard InChI is InChI=1S/C21H22Cl2N4O3S3/c1-13(2)12-31-21-26-25-20(32-21)24-19(28)15-6-4-14(5-7-15)11-27(33(3,29)30)18-9-16(22)8-17(23)10-18/h4-10,13H,11-12H2,1-3H3,(H,24,25,28). The average molecular weight is 546 g/mol. The van der Waals surface area contributed by atoms with E-state index in [1.54, 1.807) is 36.0 Å².